The summed E-state index contributed by atoms with van der Waals surface area (Å²) in [6.45, 7) is 1.78. The molecule has 1 aliphatic heterocycles. The maximum atomic E-state index is 14.7. The van der Waals surface area contributed by atoms with Gasteiger partial charge in [-0.2, -0.15) is 4.68 Å². The van der Waals surface area contributed by atoms with E-state index in [0.717, 1.165) is 0 Å². The molecule has 1 unspecified atom stereocenters. The molecule has 1 aliphatic rings. The molecular formula is C17H15FN8O3. The lowest BCUT2D eigenvalue weighted by atomic mass is 10.1. The molecule has 11 nitrogen and oxygen atoms in total. The summed E-state index contributed by atoms with van der Waals surface area (Å²) in [7, 11) is 0. The van der Waals surface area contributed by atoms with Crippen molar-refractivity contribution in [2.45, 2.75) is 13.0 Å². The second-order valence-corrected chi connectivity index (χ2v) is 6.24. The Morgan fingerprint density at radius 1 is 1.34 bits per heavy atom. The van der Waals surface area contributed by atoms with Gasteiger partial charge in [-0.15, -0.1) is 5.10 Å². The third-order valence-corrected chi connectivity index (χ3v) is 4.22. The summed E-state index contributed by atoms with van der Waals surface area (Å²) in [5.74, 6) is -0.511. The van der Waals surface area contributed by atoms with Crippen LogP contribution in [0.1, 0.15) is 6.92 Å². The highest BCUT2D eigenvalue weighted by Gasteiger charge is 2.32. The molecule has 0 bridgehead atoms. The number of ether oxygens (including phenoxy) is 1. The first-order valence-corrected chi connectivity index (χ1v) is 8.59. The van der Waals surface area contributed by atoms with Gasteiger partial charge in [-0.3, -0.25) is 9.69 Å². The topological polar surface area (TPSA) is 128 Å². The van der Waals surface area contributed by atoms with Crippen LogP contribution < -0.4 is 10.2 Å². The predicted octanol–water partition coefficient (Wildman–Crippen LogP) is 0.720. The Balaban J connectivity index is 1.51. The average molecular weight is 398 g/mol. The van der Waals surface area contributed by atoms with Crippen LogP contribution in [0.5, 0.6) is 0 Å². The predicted molar refractivity (Wildman–Crippen MR) is 96.4 cm³/mol. The van der Waals surface area contributed by atoms with Crippen LogP contribution in [0.4, 0.5) is 14.9 Å². The van der Waals surface area contributed by atoms with Crippen LogP contribution in [-0.2, 0) is 9.53 Å². The van der Waals surface area contributed by atoms with Crippen LogP contribution >= 0.6 is 0 Å². The minimum atomic E-state index is -0.596. The first-order chi connectivity index (χ1) is 14.0. The molecule has 1 saturated heterocycles. The Kier molecular flexibility index (Phi) is 4.81. The third kappa shape index (κ3) is 3.85. The zero-order valence-corrected chi connectivity index (χ0v) is 15.2. The zero-order chi connectivity index (χ0) is 20.4. The summed E-state index contributed by atoms with van der Waals surface area (Å²) < 4.78 is 21.2. The first-order valence-electron chi connectivity index (χ1n) is 8.59. The minimum absolute atomic E-state index is 0.198. The number of amides is 2. The van der Waals surface area contributed by atoms with Gasteiger partial charge < -0.3 is 10.1 Å². The summed E-state index contributed by atoms with van der Waals surface area (Å²) in [4.78, 5) is 32.6. The van der Waals surface area contributed by atoms with Crippen molar-refractivity contribution >= 4 is 17.7 Å². The summed E-state index contributed by atoms with van der Waals surface area (Å²) in [5.41, 5.74) is 1.09. The molecule has 29 heavy (non-hydrogen) atoms. The van der Waals surface area contributed by atoms with E-state index in [0.29, 0.717) is 11.3 Å². The average Bonchev–Trinajstić information content (AvgIpc) is 3.36. The van der Waals surface area contributed by atoms with Crippen molar-refractivity contribution in [1.29, 1.82) is 0 Å². The molecule has 3 heterocycles. The van der Waals surface area contributed by atoms with E-state index in [2.05, 4.69) is 30.8 Å². The molecule has 4 rings (SSSR count). The number of cyclic esters (lactones) is 1. The van der Waals surface area contributed by atoms with E-state index in [4.69, 9.17) is 4.74 Å². The highest BCUT2D eigenvalue weighted by molar-refractivity contribution is 5.90. The Labute approximate surface area is 163 Å². The van der Waals surface area contributed by atoms with Crippen LogP contribution in [0.25, 0.3) is 17.1 Å². The van der Waals surface area contributed by atoms with Crippen LogP contribution in [-0.4, -0.2) is 61.4 Å². The molecule has 1 fully saturated rings. The zero-order valence-electron chi connectivity index (χ0n) is 15.2. The minimum Gasteiger partial charge on any atom is -0.442 e. The Morgan fingerprint density at radius 2 is 2.14 bits per heavy atom. The number of hydrogen-bond acceptors (Lipinski definition) is 8. The van der Waals surface area contributed by atoms with E-state index in [1.165, 1.54) is 47.4 Å². The van der Waals surface area contributed by atoms with Gasteiger partial charge in [0.05, 0.1) is 18.8 Å². The van der Waals surface area contributed by atoms with Crippen molar-refractivity contribution in [1.82, 2.24) is 35.5 Å². The first kappa shape index (κ1) is 18.4. The Hall–Kier alpha value is -3.96. The van der Waals surface area contributed by atoms with Gasteiger partial charge in [-0.1, -0.05) is 0 Å². The molecule has 12 heteroatoms. The molecular weight excluding hydrogens is 383 g/mol. The quantitative estimate of drug-likeness (QED) is 0.666. The van der Waals surface area contributed by atoms with Gasteiger partial charge in [0.15, 0.2) is 0 Å². The monoisotopic (exact) mass is 398 g/mol. The number of aromatic nitrogens is 6. The third-order valence-electron chi connectivity index (χ3n) is 4.22. The highest BCUT2D eigenvalue weighted by Crippen LogP contribution is 2.28. The van der Waals surface area contributed by atoms with E-state index in [9.17, 15) is 14.0 Å². The fourth-order valence-electron chi connectivity index (χ4n) is 2.83. The Morgan fingerprint density at radius 3 is 2.79 bits per heavy atom. The highest BCUT2D eigenvalue weighted by atomic mass is 19.1. The number of hydrogen-bond donors (Lipinski definition) is 1. The van der Waals surface area contributed by atoms with Gasteiger partial charge in [-0.25, -0.2) is 19.2 Å². The van der Waals surface area contributed by atoms with Crippen molar-refractivity contribution in [3.05, 3.63) is 42.7 Å². The lowest BCUT2D eigenvalue weighted by Gasteiger charge is -2.14. The summed E-state index contributed by atoms with van der Waals surface area (Å²) in [6, 6.07) is 4.39. The number of rotatable bonds is 5. The van der Waals surface area contributed by atoms with Gasteiger partial charge in [0.2, 0.25) is 5.91 Å². The normalized spacial score (nSPS) is 16.0. The van der Waals surface area contributed by atoms with E-state index in [-0.39, 0.29) is 30.5 Å². The summed E-state index contributed by atoms with van der Waals surface area (Å²) >= 11 is 0. The Bertz CT molecular complexity index is 1040. The van der Waals surface area contributed by atoms with Crippen LogP contribution in [0, 0.1) is 5.82 Å². The second kappa shape index (κ2) is 7.58. The van der Waals surface area contributed by atoms with Crippen LogP contribution in [0.3, 0.4) is 0 Å². The lowest BCUT2D eigenvalue weighted by molar-refractivity contribution is -0.119. The molecule has 1 N–H and O–H groups in total. The van der Waals surface area contributed by atoms with Crippen LogP contribution in [0.15, 0.2) is 36.9 Å². The molecule has 0 saturated carbocycles. The smallest absolute Gasteiger partial charge is 0.414 e. The van der Waals surface area contributed by atoms with E-state index in [1.807, 2.05) is 0 Å². The fourth-order valence-corrected chi connectivity index (χ4v) is 2.83. The van der Waals surface area contributed by atoms with Crippen molar-refractivity contribution in [2.75, 3.05) is 18.0 Å². The van der Waals surface area contributed by atoms with Crippen molar-refractivity contribution in [2.24, 2.45) is 0 Å². The number of nitrogens with one attached hydrogen (secondary N) is 1. The summed E-state index contributed by atoms with van der Waals surface area (Å²) in [5, 5.41) is 13.3. The second-order valence-electron chi connectivity index (χ2n) is 6.24. The standard InChI is InChI=1S/C17H15FN8O3/c1-10(27)19-7-13-8-25(17(28)29-13)12-2-3-14(15(18)4-12)11-5-20-16(21-6-11)26-9-22-23-24-26/h2-6,9,13H,7-8H2,1H3,(H,19,27). The van der Waals surface area contributed by atoms with Gasteiger partial charge in [0.1, 0.15) is 18.2 Å². The van der Waals surface area contributed by atoms with Gasteiger partial charge >= 0.3 is 6.09 Å². The number of carbonyl (C=O) groups is 2. The van der Waals surface area contributed by atoms with Gasteiger partial charge in [0, 0.05) is 30.4 Å². The maximum Gasteiger partial charge on any atom is 0.414 e. The number of halogens is 1. The SMILES string of the molecule is CC(=O)NCC1CN(c2ccc(-c3cnc(-n4cnnn4)nc3)c(F)c2)C(=O)O1. The van der Waals surface area contributed by atoms with Gasteiger partial charge in [0.25, 0.3) is 5.95 Å². The van der Waals surface area contributed by atoms with E-state index >= 15 is 0 Å². The van der Waals surface area contributed by atoms with E-state index in [1.54, 1.807) is 6.07 Å². The lowest BCUT2D eigenvalue weighted by Crippen LogP contribution is -2.33. The molecule has 0 aliphatic carbocycles. The van der Waals surface area contributed by atoms with Crippen LogP contribution in [0.2, 0.25) is 0 Å². The number of anilines is 1. The van der Waals surface area contributed by atoms with E-state index < -0.39 is 18.0 Å². The largest absolute Gasteiger partial charge is 0.442 e. The molecule has 1 aromatic carbocycles. The maximum absolute atomic E-state index is 14.7. The molecule has 3 aromatic rings. The number of nitrogens with zero attached hydrogens (tertiary/aromatic N) is 7. The van der Waals surface area contributed by atoms with Crippen molar-refractivity contribution in [3.63, 3.8) is 0 Å². The molecule has 148 valence electrons. The molecule has 0 radical (unpaired) electrons. The van der Waals surface area contributed by atoms with Crippen molar-refractivity contribution < 1.29 is 18.7 Å². The molecule has 1 atom stereocenters. The fraction of sp³-hybridized carbons (Fsp3) is 0.235. The number of carbonyl (C=O) groups excluding carboxylic acids is 2. The molecule has 0 spiro atoms. The van der Waals surface area contributed by atoms with Crippen molar-refractivity contribution in [3.8, 4) is 17.1 Å². The number of tetrazole rings is 1. The molecule has 2 amide bonds. The number of benzene rings is 1. The summed E-state index contributed by atoms with van der Waals surface area (Å²) in [6.07, 6.45) is 3.16. The molecule has 2 aromatic heterocycles. The van der Waals surface area contributed by atoms with Gasteiger partial charge in [-0.05, 0) is 28.6 Å².